The monoisotopic (exact) mass is 453 g/mol. The number of aliphatic carboxylic acids is 1. The third-order valence-electron chi connectivity index (χ3n) is 5.41. The maximum atomic E-state index is 12.7. The number of halogens is 3. The lowest BCUT2D eigenvalue weighted by Crippen LogP contribution is -2.22. The van der Waals surface area contributed by atoms with E-state index in [0.717, 1.165) is 17.2 Å². The molecular formula is C24H30F3NO4. The summed E-state index contributed by atoms with van der Waals surface area (Å²) in [5.41, 5.74) is 9.28. The largest absolute Gasteiger partial charge is 0.493 e. The highest BCUT2D eigenvalue weighted by Gasteiger charge is 2.37. The lowest BCUT2D eigenvalue weighted by atomic mass is 9.96. The van der Waals surface area contributed by atoms with Gasteiger partial charge in [0.15, 0.2) is 0 Å². The highest BCUT2D eigenvalue weighted by atomic mass is 19.4. The number of allylic oxidation sites excluding steroid dienone is 3. The van der Waals surface area contributed by atoms with Gasteiger partial charge in [0.2, 0.25) is 0 Å². The molecule has 1 aromatic carbocycles. The van der Waals surface area contributed by atoms with Crippen molar-refractivity contribution in [3.63, 3.8) is 0 Å². The first kappa shape index (κ1) is 25.4. The van der Waals surface area contributed by atoms with E-state index in [1.165, 1.54) is 12.2 Å². The first-order valence-corrected chi connectivity index (χ1v) is 10.4. The lowest BCUT2D eigenvalue weighted by Gasteiger charge is -2.20. The van der Waals surface area contributed by atoms with Crippen molar-refractivity contribution in [3.8, 4) is 5.75 Å². The Morgan fingerprint density at radius 3 is 2.62 bits per heavy atom. The summed E-state index contributed by atoms with van der Waals surface area (Å²) in [5.74, 6) is -1.25. The molecule has 0 aliphatic heterocycles. The molecule has 0 amide bonds. The van der Waals surface area contributed by atoms with Crippen LogP contribution in [0.3, 0.4) is 0 Å². The van der Waals surface area contributed by atoms with Crippen molar-refractivity contribution < 1.29 is 32.5 Å². The predicted octanol–water partition coefficient (Wildman–Crippen LogP) is 5.30. The van der Waals surface area contributed by atoms with E-state index in [0.29, 0.717) is 35.8 Å². The second kappa shape index (κ2) is 11.1. The Morgan fingerprint density at radius 1 is 1.34 bits per heavy atom. The molecule has 0 saturated heterocycles. The summed E-state index contributed by atoms with van der Waals surface area (Å²) in [4.78, 5) is 10.7. The van der Waals surface area contributed by atoms with Crippen molar-refractivity contribution in [2.24, 2.45) is 17.6 Å². The number of rotatable bonds is 10. The van der Waals surface area contributed by atoms with E-state index in [1.54, 1.807) is 13.0 Å². The summed E-state index contributed by atoms with van der Waals surface area (Å²) in [7, 11) is 0. The fourth-order valence-corrected chi connectivity index (χ4v) is 3.23. The van der Waals surface area contributed by atoms with Gasteiger partial charge >= 0.3 is 12.1 Å². The van der Waals surface area contributed by atoms with Crippen LogP contribution >= 0.6 is 0 Å². The Labute approximate surface area is 186 Å². The highest BCUT2D eigenvalue weighted by molar-refractivity contribution is 5.67. The SMILES string of the molecule is C/C(OCC1=CCC(C(F)(F)F)C=C1)=C(/N)C(C)COc1ccc(CCC(=O)O)c(C)c1. The molecular weight excluding hydrogens is 423 g/mol. The molecule has 0 fully saturated rings. The lowest BCUT2D eigenvalue weighted by molar-refractivity contribution is -0.160. The average molecular weight is 454 g/mol. The van der Waals surface area contributed by atoms with Gasteiger partial charge in [-0.25, -0.2) is 0 Å². The molecule has 176 valence electrons. The first-order chi connectivity index (χ1) is 15.0. The average Bonchev–Trinajstić information content (AvgIpc) is 2.74. The van der Waals surface area contributed by atoms with Crippen molar-refractivity contribution in [2.75, 3.05) is 13.2 Å². The van der Waals surface area contributed by atoms with E-state index in [2.05, 4.69) is 0 Å². The summed E-state index contributed by atoms with van der Waals surface area (Å²) in [5, 5.41) is 8.82. The van der Waals surface area contributed by atoms with Crippen LogP contribution in [-0.2, 0) is 16.0 Å². The van der Waals surface area contributed by atoms with Crippen LogP contribution in [0.2, 0.25) is 0 Å². The van der Waals surface area contributed by atoms with Crippen LogP contribution in [0.15, 0.2) is 53.5 Å². The Balaban J connectivity index is 1.85. The Hall–Kier alpha value is -2.90. The number of benzene rings is 1. The van der Waals surface area contributed by atoms with Crippen LogP contribution in [0.4, 0.5) is 13.2 Å². The van der Waals surface area contributed by atoms with Gasteiger partial charge in [-0.2, -0.15) is 13.2 Å². The van der Waals surface area contributed by atoms with Crippen LogP contribution in [0.1, 0.15) is 37.8 Å². The minimum Gasteiger partial charge on any atom is -0.493 e. The molecule has 2 rings (SSSR count). The van der Waals surface area contributed by atoms with Crippen molar-refractivity contribution in [1.29, 1.82) is 0 Å². The molecule has 0 spiro atoms. The third-order valence-corrected chi connectivity index (χ3v) is 5.41. The summed E-state index contributed by atoms with van der Waals surface area (Å²) in [6.07, 6.45) is 0.367. The van der Waals surface area contributed by atoms with Crippen molar-refractivity contribution in [2.45, 2.75) is 46.2 Å². The second-order valence-electron chi connectivity index (χ2n) is 8.02. The van der Waals surface area contributed by atoms with Crippen LogP contribution < -0.4 is 10.5 Å². The predicted molar refractivity (Wildman–Crippen MR) is 116 cm³/mol. The number of alkyl halides is 3. The first-order valence-electron chi connectivity index (χ1n) is 10.4. The van der Waals surface area contributed by atoms with E-state index < -0.39 is 18.1 Å². The Bertz CT molecular complexity index is 903. The summed E-state index contributed by atoms with van der Waals surface area (Å²) < 4.78 is 49.6. The summed E-state index contributed by atoms with van der Waals surface area (Å²) >= 11 is 0. The molecule has 2 atom stereocenters. The molecule has 5 nitrogen and oxygen atoms in total. The molecule has 0 bridgehead atoms. The number of carboxylic acid groups (broad SMARTS) is 1. The molecule has 2 unspecified atom stereocenters. The molecule has 0 aromatic heterocycles. The topological polar surface area (TPSA) is 81.8 Å². The molecule has 8 heteroatoms. The number of carboxylic acids is 1. The van der Waals surface area contributed by atoms with Crippen LogP contribution in [-0.4, -0.2) is 30.5 Å². The van der Waals surface area contributed by atoms with E-state index in [9.17, 15) is 18.0 Å². The van der Waals surface area contributed by atoms with Crippen LogP contribution in [0.25, 0.3) is 0 Å². The number of nitrogens with two attached hydrogens (primary N) is 1. The maximum Gasteiger partial charge on any atom is 0.395 e. The van der Waals surface area contributed by atoms with E-state index in [4.69, 9.17) is 20.3 Å². The maximum absolute atomic E-state index is 12.7. The van der Waals surface area contributed by atoms with Gasteiger partial charge in [-0.1, -0.05) is 31.2 Å². The number of hydrogen-bond acceptors (Lipinski definition) is 4. The zero-order valence-electron chi connectivity index (χ0n) is 18.5. The van der Waals surface area contributed by atoms with Crippen molar-refractivity contribution in [3.05, 3.63) is 64.6 Å². The van der Waals surface area contributed by atoms with Gasteiger partial charge in [0.05, 0.1) is 18.2 Å². The minimum atomic E-state index is -4.23. The fraction of sp³-hybridized carbons (Fsp3) is 0.458. The quantitative estimate of drug-likeness (QED) is 0.470. The zero-order chi connectivity index (χ0) is 23.9. The summed E-state index contributed by atoms with van der Waals surface area (Å²) in [6.45, 7) is 5.99. The Morgan fingerprint density at radius 2 is 2.06 bits per heavy atom. The number of carbonyl (C=O) groups is 1. The molecule has 1 aliphatic rings. The van der Waals surface area contributed by atoms with E-state index in [1.807, 2.05) is 26.0 Å². The van der Waals surface area contributed by atoms with Crippen molar-refractivity contribution >= 4 is 5.97 Å². The van der Waals surface area contributed by atoms with E-state index in [-0.39, 0.29) is 25.4 Å². The fourth-order valence-electron chi connectivity index (χ4n) is 3.23. The van der Waals surface area contributed by atoms with Gasteiger partial charge in [0.1, 0.15) is 18.1 Å². The molecule has 32 heavy (non-hydrogen) atoms. The second-order valence-corrected chi connectivity index (χ2v) is 8.02. The highest BCUT2D eigenvalue weighted by Crippen LogP contribution is 2.33. The van der Waals surface area contributed by atoms with Gasteiger partial charge in [0, 0.05) is 12.3 Å². The normalized spacial score (nSPS) is 17.9. The zero-order valence-corrected chi connectivity index (χ0v) is 18.5. The number of hydrogen-bond donors (Lipinski definition) is 2. The molecule has 0 heterocycles. The third kappa shape index (κ3) is 7.66. The summed E-state index contributed by atoms with van der Waals surface area (Å²) in [6, 6.07) is 5.53. The molecule has 0 radical (unpaired) electrons. The van der Waals surface area contributed by atoms with E-state index >= 15 is 0 Å². The molecule has 1 aromatic rings. The van der Waals surface area contributed by atoms with Gasteiger partial charge in [0.25, 0.3) is 0 Å². The minimum absolute atomic E-state index is 0.0777. The Kier molecular flexibility index (Phi) is 8.80. The molecule has 1 aliphatic carbocycles. The molecule has 3 N–H and O–H groups in total. The van der Waals surface area contributed by atoms with Crippen LogP contribution in [0, 0.1) is 18.8 Å². The smallest absolute Gasteiger partial charge is 0.395 e. The molecule has 0 saturated carbocycles. The van der Waals surface area contributed by atoms with Crippen LogP contribution in [0.5, 0.6) is 5.75 Å². The standard InChI is InChI=1S/C24H30F3NO4/c1-15-12-21(10-6-19(15)7-11-22(29)30)32-13-16(2)23(28)17(3)31-14-18-4-8-20(9-5-18)24(25,26)27/h4-6,8,10,12,16,20H,7,9,11,13-14,28H2,1-3H3,(H,29,30)/b23-17-. The van der Waals surface area contributed by atoms with Gasteiger partial charge < -0.3 is 20.3 Å². The number of aryl methyl sites for hydroxylation is 2. The van der Waals surface area contributed by atoms with Gasteiger partial charge in [-0.3, -0.25) is 4.79 Å². The number of ether oxygens (including phenoxy) is 2. The van der Waals surface area contributed by atoms with Gasteiger partial charge in [-0.05, 0) is 55.5 Å². The van der Waals surface area contributed by atoms with Crippen molar-refractivity contribution in [1.82, 2.24) is 0 Å². The van der Waals surface area contributed by atoms with Gasteiger partial charge in [-0.15, -0.1) is 0 Å².